The molecule has 5 rings (SSSR count). The van der Waals surface area contributed by atoms with Crippen LogP contribution in [0.5, 0.6) is 5.75 Å². The Bertz CT molecular complexity index is 1530. The monoisotopic (exact) mass is 600 g/mol. The number of halogens is 3. The predicted molar refractivity (Wildman–Crippen MR) is 144 cm³/mol. The number of aliphatic hydroxyl groups is 1. The number of hydrogen-bond donors (Lipinski definition) is 3. The highest BCUT2D eigenvalue weighted by Gasteiger charge is 2.40. The molecule has 15 heteroatoms. The van der Waals surface area contributed by atoms with Gasteiger partial charge in [-0.3, -0.25) is 8.61 Å². The van der Waals surface area contributed by atoms with E-state index in [1.807, 2.05) is 19.0 Å². The fraction of sp³-hybridized carbons (Fsp3) is 0.348. The molecule has 0 radical (unpaired) electrons. The summed E-state index contributed by atoms with van der Waals surface area (Å²) >= 11 is 8.44. The van der Waals surface area contributed by atoms with E-state index in [-0.39, 0.29) is 21.7 Å². The van der Waals surface area contributed by atoms with E-state index in [2.05, 4.69) is 19.9 Å². The SMILES string of the molecule is CN(C)CCS(=O)c1ccc(-c2cc(SNC3(O)CC3)cn3c(-c4nnc(C(F)F)s4)nc(Cl)c23)c(O)c1. The standard InChI is InChI=1S/C23H23ClF2N6O3S3/c1-31(2)7-8-38(35)13-3-4-14(16(33)10-13)15-9-12(37-30-23(34)5-6-23)11-32-17(15)18(24)27-20(32)22-29-28-21(36-22)19(25)26/h3-4,9-11,19,30,33-34H,5-8H2,1-2H3. The normalized spacial score (nSPS) is 15.6. The summed E-state index contributed by atoms with van der Waals surface area (Å²) in [6.45, 7) is 0.626. The average Bonchev–Trinajstić information content (AvgIpc) is 3.26. The number of phenolic OH excluding ortho intramolecular Hbond substituents is 1. The van der Waals surface area contributed by atoms with Crippen molar-refractivity contribution in [3.05, 3.63) is 40.6 Å². The number of benzene rings is 1. The van der Waals surface area contributed by atoms with Gasteiger partial charge < -0.3 is 15.1 Å². The molecule has 1 aliphatic rings. The zero-order valence-electron chi connectivity index (χ0n) is 20.2. The Labute approximate surface area is 232 Å². The van der Waals surface area contributed by atoms with E-state index in [9.17, 15) is 23.2 Å². The quantitative estimate of drug-likeness (QED) is 0.178. The summed E-state index contributed by atoms with van der Waals surface area (Å²) in [6.07, 6.45) is 0.158. The van der Waals surface area contributed by atoms with Crippen molar-refractivity contribution in [1.82, 2.24) is 29.2 Å². The van der Waals surface area contributed by atoms with Crippen LogP contribution in [0.2, 0.25) is 5.15 Å². The third-order valence-corrected chi connectivity index (χ3v) is 9.28. The van der Waals surface area contributed by atoms with Crippen molar-refractivity contribution in [3.8, 4) is 27.7 Å². The summed E-state index contributed by atoms with van der Waals surface area (Å²) in [5, 5.41) is 28.5. The molecule has 0 saturated heterocycles. The molecule has 3 heterocycles. The average molecular weight is 601 g/mol. The maximum absolute atomic E-state index is 13.2. The van der Waals surface area contributed by atoms with Gasteiger partial charge in [0.15, 0.2) is 21.0 Å². The van der Waals surface area contributed by atoms with E-state index in [0.717, 1.165) is 0 Å². The third-order valence-electron chi connectivity index (χ3n) is 5.81. The van der Waals surface area contributed by atoms with Gasteiger partial charge in [0.05, 0.1) is 16.3 Å². The molecule has 1 aromatic carbocycles. The van der Waals surface area contributed by atoms with E-state index in [4.69, 9.17) is 11.6 Å². The predicted octanol–water partition coefficient (Wildman–Crippen LogP) is 4.56. The molecule has 1 saturated carbocycles. The maximum atomic E-state index is 13.2. The fourth-order valence-electron chi connectivity index (χ4n) is 3.61. The lowest BCUT2D eigenvalue weighted by molar-refractivity contribution is 0.142. The van der Waals surface area contributed by atoms with Gasteiger partial charge in [-0.2, -0.15) is 0 Å². The summed E-state index contributed by atoms with van der Waals surface area (Å²) < 4.78 is 43.7. The molecule has 202 valence electrons. The molecule has 0 aliphatic heterocycles. The van der Waals surface area contributed by atoms with Crippen LogP contribution in [0.25, 0.3) is 27.5 Å². The number of pyridine rings is 1. The van der Waals surface area contributed by atoms with Gasteiger partial charge in [-0.15, -0.1) is 10.2 Å². The van der Waals surface area contributed by atoms with Crippen LogP contribution in [-0.4, -0.2) is 71.0 Å². The molecule has 9 nitrogen and oxygen atoms in total. The van der Waals surface area contributed by atoms with Crippen LogP contribution in [0.3, 0.4) is 0 Å². The number of aromatic nitrogens is 4. The summed E-state index contributed by atoms with van der Waals surface area (Å²) in [7, 11) is 2.48. The summed E-state index contributed by atoms with van der Waals surface area (Å²) in [5.74, 6) is 0.522. The second-order valence-electron chi connectivity index (χ2n) is 9.05. The number of alkyl halides is 2. The first-order chi connectivity index (χ1) is 18.0. The van der Waals surface area contributed by atoms with Crippen molar-refractivity contribution in [1.29, 1.82) is 0 Å². The minimum absolute atomic E-state index is 0.0761. The molecular formula is C23H23ClF2N6O3S3. The first-order valence-corrected chi connectivity index (χ1v) is 14.7. The van der Waals surface area contributed by atoms with Gasteiger partial charge in [-0.05, 0) is 63.2 Å². The van der Waals surface area contributed by atoms with Crippen LogP contribution in [0.15, 0.2) is 40.3 Å². The van der Waals surface area contributed by atoms with Gasteiger partial charge in [0.2, 0.25) is 0 Å². The van der Waals surface area contributed by atoms with Crippen molar-refractivity contribution >= 4 is 51.2 Å². The number of phenols is 1. The number of nitrogens with one attached hydrogen (secondary N) is 1. The zero-order chi connectivity index (χ0) is 27.2. The molecule has 1 unspecified atom stereocenters. The first kappa shape index (κ1) is 27.4. The number of rotatable bonds is 10. The molecule has 3 N–H and O–H groups in total. The van der Waals surface area contributed by atoms with Gasteiger partial charge in [0.25, 0.3) is 6.43 Å². The fourth-order valence-corrected chi connectivity index (χ4v) is 6.65. The Balaban J connectivity index is 1.61. The Kier molecular flexibility index (Phi) is 7.75. The highest BCUT2D eigenvalue weighted by Crippen LogP contribution is 2.42. The van der Waals surface area contributed by atoms with E-state index in [1.54, 1.807) is 28.8 Å². The van der Waals surface area contributed by atoms with Crippen LogP contribution in [0, 0.1) is 0 Å². The van der Waals surface area contributed by atoms with Gasteiger partial charge in [0, 0.05) is 39.4 Å². The molecule has 0 amide bonds. The molecule has 0 spiro atoms. The van der Waals surface area contributed by atoms with Crippen molar-refractivity contribution in [2.75, 3.05) is 26.4 Å². The van der Waals surface area contributed by atoms with Gasteiger partial charge in [0.1, 0.15) is 11.5 Å². The number of nitrogens with zero attached hydrogens (tertiary/aromatic N) is 5. The maximum Gasteiger partial charge on any atom is 0.291 e. The van der Waals surface area contributed by atoms with Crippen molar-refractivity contribution in [2.24, 2.45) is 0 Å². The minimum Gasteiger partial charge on any atom is -0.507 e. The second kappa shape index (κ2) is 10.8. The van der Waals surface area contributed by atoms with Crippen LogP contribution in [-0.2, 0) is 10.8 Å². The Morgan fingerprint density at radius 3 is 2.68 bits per heavy atom. The first-order valence-electron chi connectivity index (χ1n) is 11.4. The number of aromatic hydroxyl groups is 1. The largest absolute Gasteiger partial charge is 0.507 e. The van der Waals surface area contributed by atoms with Crippen LogP contribution in [0.4, 0.5) is 8.78 Å². The van der Waals surface area contributed by atoms with E-state index >= 15 is 0 Å². The smallest absolute Gasteiger partial charge is 0.291 e. The van der Waals surface area contributed by atoms with Crippen molar-refractivity contribution in [2.45, 2.75) is 34.8 Å². The molecule has 4 aromatic rings. The summed E-state index contributed by atoms with van der Waals surface area (Å²) in [6, 6.07) is 6.59. The van der Waals surface area contributed by atoms with Gasteiger partial charge in [-0.1, -0.05) is 22.9 Å². The molecule has 38 heavy (non-hydrogen) atoms. The lowest BCUT2D eigenvalue weighted by Crippen LogP contribution is -2.23. The van der Waals surface area contributed by atoms with Gasteiger partial charge >= 0.3 is 0 Å². The molecule has 3 aromatic heterocycles. The summed E-state index contributed by atoms with van der Waals surface area (Å²) in [4.78, 5) is 7.43. The Hall–Kier alpha value is -2.20. The second-order valence-corrected chi connectivity index (χ2v) is 12.9. The van der Waals surface area contributed by atoms with Crippen molar-refractivity contribution < 1.29 is 23.2 Å². The summed E-state index contributed by atoms with van der Waals surface area (Å²) in [5.41, 5.74) is 0.377. The zero-order valence-corrected chi connectivity index (χ0v) is 23.4. The van der Waals surface area contributed by atoms with E-state index < -0.39 is 28.0 Å². The minimum atomic E-state index is -2.77. The van der Waals surface area contributed by atoms with E-state index in [1.165, 1.54) is 18.0 Å². The molecular weight excluding hydrogens is 578 g/mol. The lowest BCUT2D eigenvalue weighted by Gasteiger charge is -2.14. The van der Waals surface area contributed by atoms with Crippen molar-refractivity contribution in [3.63, 3.8) is 0 Å². The van der Waals surface area contributed by atoms with Gasteiger partial charge in [-0.25, -0.2) is 18.5 Å². The molecule has 1 fully saturated rings. The highest BCUT2D eigenvalue weighted by atomic mass is 35.5. The van der Waals surface area contributed by atoms with Crippen LogP contribution in [0.1, 0.15) is 24.3 Å². The molecule has 1 aliphatic carbocycles. The molecule has 0 bridgehead atoms. The van der Waals surface area contributed by atoms with E-state index in [0.29, 0.717) is 62.9 Å². The Morgan fingerprint density at radius 1 is 1.29 bits per heavy atom. The third kappa shape index (κ3) is 5.71. The number of imidazole rings is 1. The van der Waals surface area contributed by atoms with Crippen LogP contribution >= 0.6 is 34.9 Å². The Morgan fingerprint density at radius 2 is 2.05 bits per heavy atom. The molecule has 1 atom stereocenters. The highest BCUT2D eigenvalue weighted by molar-refractivity contribution is 7.97. The number of fused-ring (bicyclic) bond motifs is 1. The topological polar surface area (TPSA) is 116 Å². The lowest BCUT2D eigenvalue weighted by atomic mass is 10.0. The number of hydrogen-bond acceptors (Lipinski definition) is 10. The van der Waals surface area contributed by atoms with Crippen LogP contribution < -0.4 is 4.72 Å².